The summed E-state index contributed by atoms with van der Waals surface area (Å²) in [4.78, 5) is 13.4. The molecule has 1 aromatic rings. The van der Waals surface area contributed by atoms with Gasteiger partial charge < -0.3 is 10.0 Å². The number of hydrogen-bond acceptors (Lipinski definition) is 2. The van der Waals surface area contributed by atoms with Crippen molar-refractivity contribution in [3.63, 3.8) is 0 Å². The summed E-state index contributed by atoms with van der Waals surface area (Å²) in [6, 6.07) is 5.67. The number of rotatable bonds is 3. The number of hydrogen-bond donors (Lipinski definition) is 1. The first-order valence-electron chi connectivity index (χ1n) is 6.70. The van der Waals surface area contributed by atoms with Crippen molar-refractivity contribution in [1.82, 2.24) is 0 Å². The van der Waals surface area contributed by atoms with Gasteiger partial charge in [-0.05, 0) is 49.4 Å². The van der Waals surface area contributed by atoms with Gasteiger partial charge in [-0.3, -0.25) is 0 Å². The van der Waals surface area contributed by atoms with E-state index in [0.717, 1.165) is 30.3 Å². The molecule has 0 radical (unpaired) electrons. The van der Waals surface area contributed by atoms with Crippen LogP contribution in [-0.4, -0.2) is 24.2 Å². The molecule has 1 fully saturated rings. The van der Waals surface area contributed by atoms with Crippen LogP contribution in [0.3, 0.4) is 0 Å². The molecule has 2 rings (SSSR count). The summed E-state index contributed by atoms with van der Waals surface area (Å²) in [5.41, 5.74) is 2.41. The lowest BCUT2D eigenvalue weighted by Gasteiger charge is -2.34. The summed E-state index contributed by atoms with van der Waals surface area (Å²) >= 11 is 0. The number of benzene rings is 1. The van der Waals surface area contributed by atoms with Gasteiger partial charge in [-0.15, -0.1) is 0 Å². The minimum Gasteiger partial charge on any atom is -0.478 e. The van der Waals surface area contributed by atoms with Crippen LogP contribution in [0, 0.1) is 12.8 Å². The number of aromatic carboxylic acids is 1. The van der Waals surface area contributed by atoms with E-state index < -0.39 is 5.97 Å². The Kier molecular flexibility index (Phi) is 3.90. The summed E-state index contributed by atoms with van der Waals surface area (Å²) in [5, 5.41) is 9.03. The van der Waals surface area contributed by atoms with Crippen LogP contribution in [0.25, 0.3) is 0 Å². The second-order valence-electron chi connectivity index (χ2n) is 5.17. The zero-order valence-electron chi connectivity index (χ0n) is 11.1. The van der Waals surface area contributed by atoms with Gasteiger partial charge in [0.2, 0.25) is 0 Å². The van der Waals surface area contributed by atoms with Crippen LogP contribution in [0.2, 0.25) is 0 Å². The average Bonchev–Trinajstić information content (AvgIpc) is 2.38. The average molecular weight is 247 g/mol. The molecule has 1 unspecified atom stereocenters. The van der Waals surface area contributed by atoms with E-state index in [4.69, 9.17) is 5.11 Å². The Hall–Kier alpha value is -1.51. The second-order valence-corrected chi connectivity index (χ2v) is 5.17. The number of anilines is 1. The minimum atomic E-state index is -0.843. The Bertz CT molecular complexity index is 442. The van der Waals surface area contributed by atoms with Crippen molar-refractivity contribution in [3.8, 4) is 0 Å². The first-order chi connectivity index (χ1) is 8.61. The van der Waals surface area contributed by atoms with Gasteiger partial charge in [0, 0.05) is 18.8 Å². The summed E-state index contributed by atoms with van der Waals surface area (Å²) < 4.78 is 0. The molecule has 0 amide bonds. The lowest BCUT2D eigenvalue weighted by atomic mass is 9.95. The van der Waals surface area contributed by atoms with Crippen LogP contribution in [0.1, 0.15) is 42.1 Å². The molecule has 1 aliphatic rings. The fourth-order valence-corrected chi connectivity index (χ4v) is 2.72. The highest BCUT2D eigenvalue weighted by Gasteiger charge is 2.19. The monoisotopic (exact) mass is 247 g/mol. The Morgan fingerprint density at radius 2 is 2.28 bits per heavy atom. The van der Waals surface area contributed by atoms with Crippen LogP contribution in [0.15, 0.2) is 18.2 Å². The lowest BCUT2D eigenvalue weighted by molar-refractivity contribution is 0.0696. The van der Waals surface area contributed by atoms with Crippen molar-refractivity contribution in [2.75, 3.05) is 18.0 Å². The van der Waals surface area contributed by atoms with E-state index in [2.05, 4.69) is 11.8 Å². The molecule has 1 saturated heterocycles. The van der Waals surface area contributed by atoms with E-state index in [1.807, 2.05) is 19.1 Å². The smallest absolute Gasteiger partial charge is 0.335 e. The molecule has 3 nitrogen and oxygen atoms in total. The fourth-order valence-electron chi connectivity index (χ4n) is 2.72. The van der Waals surface area contributed by atoms with Crippen molar-refractivity contribution in [2.45, 2.75) is 33.1 Å². The van der Waals surface area contributed by atoms with E-state index in [1.54, 1.807) is 6.07 Å². The van der Waals surface area contributed by atoms with E-state index >= 15 is 0 Å². The maximum absolute atomic E-state index is 11.0. The van der Waals surface area contributed by atoms with Crippen LogP contribution in [0.4, 0.5) is 5.69 Å². The molecule has 3 heteroatoms. The van der Waals surface area contributed by atoms with E-state index in [1.165, 1.54) is 19.3 Å². The van der Waals surface area contributed by atoms with Gasteiger partial charge in [0.15, 0.2) is 0 Å². The molecule has 1 N–H and O–H groups in total. The van der Waals surface area contributed by atoms with Crippen molar-refractivity contribution in [3.05, 3.63) is 29.3 Å². The zero-order valence-corrected chi connectivity index (χ0v) is 11.1. The molecule has 0 spiro atoms. The van der Waals surface area contributed by atoms with Gasteiger partial charge in [0.05, 0.1) is 5.56 Å². The molecule has 1 atom stereocenters. The molecule has 1 aliphatic heterocycles. The summed E-state index contributed by atoms with van der Waals surface area (Å²) in [7, 11) is 0. The van der Waals surface area contributed by atoms with Gasteiger partial charge in [-0.25, -0.2) is 4.79 Å². The minimum absolute atomic E-state index is 0.405. The molecule has 0 aliphatic carbocycles. The first-order valence-corrected chi connectivity index (χ1v) is 6.70. The first kappa shape index (κ1) is 12.9. The largest absolute Gasteiger partial charge is 0.478 e. The topological polar surface area (TPSA) is 40.5 Å². The van der Waals surface area contributed by atoms with Gasteiger partial charge >= 0.3 is 5.97 Å². The highest BCUT2D eigenvalue weighted by atomic mass is 16.4. The third-order valence-corrected chi connectivity index (χ3v) is 3.90. The van der Waals surface area contributed by atoms with Crippen LogP contribution < -0.4 is 4.90 Å². The molecular weight excluding hydrogens is 226 g/mol. The van der Waals surface area contributed by atoms with E-state index in [9.17, 15) is 4.79 Å². The number of carboxylic acids is 1. The predicted molar refractivity (Wildman–Crippen MR) is 73.4 cm³/mol. The predicted octanol–water partition coefficient (Wildman–Crippen LogP) is 3.32. The van der Waals surface area contributed by atoms with Crippen LogP contribution in [-0.2, 0) is 0 Å². The molecule has 1 heterocycles. The van der Waals surface area contributed by atoms with E-state index in [-0.39, 0.29) is 0 Å². The Morgan fingerprint density at radius 3 is 2.89 bits per heavy atom. The third-order valence-electron chi connectivity index (χ3n) is 3.90. The standard InChI is InChI=1S/C15H21NO2/c1-3-12-5-4-8-16(10-12)13-6-7-14(15(17)18)11(2)9-13/h6-7,9,12H,3-5,8,10H2,1-2H3,(H,17,18). The summed E-state index contributed by atoms with van der Waals surface area (Å²) in [6.45, 7) is 6.30. The van der Waals surface area contributed by atoms with Gasteiger partial charge in [-0.2, -0.15) is 0 Å². The Morgan fingerprint density at radius 1 is 1.50 bits per heavy atom. The third kappa shape index (κ3) is 2.66. The molecule has 1 aromatic carbocycles. The van der Waals surface area contributed by atoms with Crippen LogP contribution >= 0.6 is 0 Å². The van der Waals surface area contributed by atoms with Gasteiger partial charge in [-0.1, -0.05) is 13.3 Å². The summed E-state index contributed by atoms with van der Waals surface area (Å²) in [6.07, 6.45) is 3.78. The van der Waals surface area contributed by atoms with Crippen molar-refractivity contribution in [1.29, 1.82) is 0 Å². The number of aryl methyl sites for hydroxylation is 1. The zero-order chi connectivity index (χ0) is 13.1. The normalized spacial score (nSPS) is 19.9. The molecule has 0 bridgehead atoms. The maximum Gasteiger partial charge on any atom is 0.335 e. The maximum atomic E-state index is 11.0. The van der Waals surface area contributed by atoms with Crippen molar-refractivity contribution >= 4 is 11.7 Å². The number of nitrogens with zero attached hydrogens (tertiary/aromatic N) is 1. The quantitative estimate of drug-likeness (QED) is 0.890. The molecule has 0 saturated carbocycles. The number of carboxylic acid groups (broad SMARTS) is 1. The Balaban J connectivity index is 2.18. The number of carbonyl (C=O) groups is 1. The van der Waals surface area contributed by atoms with Gasteiger partial charge in [0.25, 0.3) is 0 Å². The highest BCUT2D eigenvalue weighted by molar-refractivity contribution is 5.89. The van der Waals surface area contributed by atoms with E-state index in [0.29, 0.717) is 5.56 Å². The van der Waals surface area contributed by atoms with Crippen molar-refractivity contribution < 1.29 is 9.90 Å². The number of piperidine rings is 1. The van der Waals surface area contributed by atoms with Crippen molar-refractivity contribution in [2.24, 2.45) is 5.92 Å². The Labute approximate surface area is 108 Å². The summed E-state index contributed by atoms with van der Waals surface area (Å²) in [5.74, 6) is -0.0673. The lowest BCUT2D eigenvalue weighted by Crippen LogP contribution is -2.35. The molecule has 18 heavy (non-hydrogen) atoms. The molecule has 98 valence electrons. The molecule has 0 aromatic heterocycles. The van der Waals surface area contributed by atoms with Crippen LogP contribution in [0.5, 0.6) is 0 Å². The SMILES string of the molecule is CCC1CCCN(c2ccc(C(=O)O)c(C)c2)C1. The second kappa shape index (κ2) is 5.42. The highest BCUT2D eigenvalue weighted by Crippen LogP contribution is 2.26. The molecular formula is C15H21NO2. The van der Waals surface area contributed by atoms with Gasteiger partial charge in [0.1, 0.15) is 0 Å². The fraction of sp³-hybridized carbons (Fsp3) is 0.533.